The van der Waals surface area contributed by atoms with Crippen LogP contribution in [-0.4, -0.2) is 11.8 Å². The Morgan fingerprint density at radius 1 is 1.43 bits per heavy atom. The normalized spacial score (nSPS) is 19.4. The molecule has 0 bridgehead atoms. The Labute approximate surface area is 88.3 Å². The van der Waals surface area contributed by atoms with Gasteiger partial charge in [-0.25, -0.2) is 0 Å². The fourth-order valence-corrected chi connectivity index (χ4v) is 2.75. The van der Waals surface area contributed by atoms with Gasteiger partial charge < -0.3 is 5.32 Å². The largest absolute Gasteiger partial charge is 0.368 e. The quantitative estimate of drug-likeness (QED) is 0.705. The van der Waals surface area contributed by atoms with Gasteiger partial charge in [0.1, 0.15) is 6.04 Å². The summed E-state index contributed by atoms with van der Waals surface area (Å²) in [6.07, 6.45) is 0. The monoisotopic (exact) mass is 204 g/mol. The summed E-state index contributed by atoms with van der Waals surface area (Å²) in [4.78, 5) is 1.30. The molecule has 0 fully saturated rings. The number of nitrogens with zero attached hydrogens (tertiary/aromatic N) is 1. The molecule has 0 saturated heterocycles. The molecule has 1 aromatic rings. The number of anilines is 1. The van der Waals surface area contributed by atoms with E-state index >= 15 is 0 Å². The maximum atomic E-state index is 8.85. The number of nitrogens with one attached hydrogen (secondary N) is 1. The molecule has 2 rings (SSSR count). The van der Waals surface area contributed by atoms with E-state index in [9.17, 15) is 0 Å². The van der Waals surface area contributed by atoms with Crippen LogP contribution in [0.4, 0.5) is 5.69 Å². The van der Waals surface area contributed by atoms with Crippen molar-refractivity contribution in [2.45, 2.75) is 24.8 Å². The van der Waals surface area contributed by atoms with Crippen LogP contribution in [0.1, 0.15) is 11.1 Å². The van der Waals surface area contributed by atoms with Gasteiger partial charge in [0.25, 0.3) is 0 Å². The Morgan fingerprint density at radius 2 is 2.14 bits per heavy atom. The zero-order valence-electron chi connectivity index (χ0n) is 8.29. The van der Waals surface area contributed by atoms with Gasteiger partial charge >= 0.3 is 0 Å². The van der Waals surface area contributed by atoms with Crippen LogP contribution in [0.3, 0.4) is 0 Å². The van der Waals surface area contributed by atoms with E-state index in [1.54, 1.807) is 11.8 Å². The third-order valence-electron chi connectivity index (χ3n) is 2.43. The standard InChI is InChI=1S/C11H12N2S/c1-7-3-4-8(2)11-10(7)13-9(5-12)6-14-11/h3-4,9,13H,6H2,1-2H3. The second kappa shape index (κ2) is 3.55. The first-order valence-corrected chi connectivity index (χ1v) is 5.60. The average molecular weight is 204 g/mol. The second-order valence-electron chi connectivity index (χ2n) is 3.54. The molecular formula is C11H12N2S. The topological polar surface area (TPSA) is 35.8 Å². The minimum atomic E-state index is -0.0481. The van der Waals surface area contributed by atoms with Crippen LogP contribution in [0.25, 0.3) is 0 Å². The molecule has 1 aliphatic rings. The molecular weight excluding hydrogens is 192 g/mol. The van der Waals surface area contributed by atoms with E-state index in [-0.39, 0.29) is 6.04 Å². The van der Waals surface area contributed by atoms with Crippen LogP contribution in [0.15, 0.2) is 17.0 Å². The molecule has 1 aromatic carbocycles. The number of rotatable bonds is 0. The van der Waals surface area contributed by atoms with E-state index in [1.807, 2.05) is 0 Å². The Kier molecular flexibility index (Phi) is 2.39. The van der Waals surface area contributed by atoms with Gasteiger partial charge in [-0.1, -0.05) is 12.1 Å². The van der Waals surface area contributed by atoms with Gasteiger partial charge in [0.05, 0.1) is 11.8 Å². The molecule has 72 valence electrons. The molecule has 1 atom stereocenters. The molecule has 0 radical (unpaired) electrons. The number of fused-ring (bicyclic) bond motifs is 1. The Morgan fingerprint density at radius 3 is 2.86 bits per heavy atom. The molecule has 14 heavy (non-hydrogen) atoms. The molecule has 0 aliphatic carbocycles. The predicted molar refractivity (Wildman–Crippen MR) is 59.7 cm³/mol. The van der Waals surface area contributed by atoms with Gasteiger partial charge in [-0.05, 0) is 25.0 Å². The van der Waals surface area contributed by atoms with Crippen molar-refractivity contribution < 1.29 is 0 Å². The van der Waals surface area contributed by atoms with Gasteiger partial charge in [0, 0.05) is 10.6 Å². The summed E-state index contributed by atoms with van der Waals surface area (Å²) >= 11 is 1.78. The minimum Gasteiger partial charge on any atom is -0.368 e. The summed E-state index contributed by atoms with van der Waals surface area (Å²) in [5.74, 6) is 0.841. The van der Waals surface area contributed by atoms with Crippen molar-refractivity contribution in [2.24, 2.45) is 0 Å². The van der Waals surface area contributed by atoms with Gasteiger partial charge in [-0.2, -0.15) is 5.26 Å². The lowest BCUT2D eigenvalue weighted by molar-refractivity contribution is 0.985. The Hall–Kier alpha value is -1.14. The highest BCUT2D eigenvalue weighted by molar-refractivity contribution is 7.99. The van der Waals surface area contributed by atoms with Crippen LogP contribution in [-0.2, 0) is 0 Å². The third-order valence-corrected chi connectivity index (χ3v) is 3.75. The van der Waals surface area contributed by atoms with Crippen molar-refractivity contribution >= 4 is 17.4 Å². The van der Waals surface area contributed by atoms with Gasteiger partial charge in [-0.3, -0.25) is 0 Å². The number of hydrogen-bond donors (Lipinski definition) is 1. The molecule has 1 heterocycles. The third kappa shape index (κ3) is 1.46. The van der Waals surface area contributed by atoms with Crippen LogP contribution >= 0.6 is 11.8 Å². The molecule has 3 heteroatoms. The van der Waals surface area contributed by atoms with Crippen molar-refractivity contribution in [1.29, 1.82) is 5.26 Å². The Bertz CT molecular complexity index is 406. The number of nitriles is 1. The Balaban J connectivity index is 2.46. The van der Waals surface area contributed by atoms with Crippen molar-refractivity contribution in [2.75, 3.05) is 11.1 Å². The highest BCUT2D eigenvalue weighted by Gasteiger charge is 2.20. The lowest BCUT2D eigenvalue weighted by atomic mass is 10.1. The zero-order valence-corrected chi connectivity index (χ0v) is 9.11. The van der Waals surface area contributed by atoms with E-state index in [1.165, 1.54) is 16.0 Å². The number of thioether (sulfide) groups is 1. The maximum Gasteiger partial charge on any atom is 0.124 e. The highest BCUT2D eigenvalue weighted by atomic mass is 32.2. The highest BCUT2D eigenvalue weighted by Crippen LogP contribution is 2.37. The second-order valence-corrected chi connectivity index (χ2v) is 4.57. The lowest BCUT2D eigenvalue weighted by Gasteiger charge is -2.24. The molecule has 0 spiro atoms. The van der Waals surface area contributed by atoms with Gasteiger partial charge in [-0.15, -0.1) is 11.8 Å². The van der Waals surface area contributed by atoms with E-state index < -0.39 is 0 Å². The first kappa shape index (κ1) is 9.42. The van der Waals surface area contributed by atoms with Crippen molar-refractivity contribution in [1.82, 2.24) is 0 Å². The van der Waals surface area contributed by atoms with Crippen LogP contribution in [0.5, 0.6) is 0 Å². The molecule has 2 nitrogen and oxygen atoms in total. The summed E-state index contributed by atoms with van der Waals surface area (Å²) in [6, 6.07) is 6.44. The number of benzene rings is 1. The van der Waals surface area contributed by atoms with Crippen molar-refractivity contribution in [3.8, 4) is 6.07 Å². The van der Waals surface area contributed by atoms with Crippen molar-refractivity contribution in [3.05, 3.63) is 23.3 Å². The molecule has 0 saturated carbocycles. The lowest BCUT2D eigenvalue weighted by Crippen LogP contribution is -2.24. The first-order chi connectivity index (χ1) is 6.72. The number of hydrogen-bond acceptors (Lipinski definition) is 3. The molecule has 1 unspecified atom stereocenters. The summed E-state index contributed by atoms with van der Waals surface area (Å²) in [7, 11) is 0. The average Bonchev–Trinajstić information content (AvgIpc) is 2.23. The van der Waals surface area contributed by atoms with Crippen LogP contribution < -0.4 is 5.32 Å². The molecule has 0 aromatic heterocycles. The molecule has 1 N–H and O–H groups in total. The van der Waals surface area contributed by atoms with Crippen molar-refractivity contribution in [3.63, 3.8) is 0 Å². The smallest absolute Gasteiger partial charge is 0.124 e. The fraction of sp³-hybridized carbons (Fsp3) is 0.364. The first-order valence-electron chi connectivity index (χ1n) is 4.61. The van der Waals surface area contributed by atoms with Gasteiger partial charge in [0.15, 0.2) is 0 Å². The SMILES string of the molecule is Cc1ccc(C)c2c1NC(C#N)CS2. The van der Waals surface area contributed by atoms with E-state index in [4.69, 9.17) is 5.26 Å². The van der Waals surface area contributed by atoms with E-state index in [0.717, 1.165) is 11.4 Å². The minimum absolute atomic E-state index is 0.0481. The molecule has 0 amide bonds. The summed E-state index contributed by atoms with van der Waals surface area (Å²) in [6.45, 7) is 4.19. The van der Waals surface area contributed by atoms with Gasteiger partial charge in [0.2, 0.25) is 0 Å². The predicted octanol–water partition coefficient (Wildman–Crippen LogP) is 2.71. The van der Waals surface area contributed by atoms with E-state index in [2.05, 4.69) is 37.4 Å². The van der Waals surface area contributed by atoms with E-state index in [0.29, 0.717) is 0 Å². The summed E-state index contributed by atoms with van der Waals surface area (Å²) in [5, 5.41) is 12.1. The van der Waals surface area contributed by atoms with Crippen LogP contribution in [0.2, 0.25) is 0 Å². The fourth-order valence-electron chi connectivity index (χ4n) is 1.60. The zero-order chi connectivity index (χ0) is 10.1. The summed E-state index contributed by atoms with van der Waals surface area (Å²) in [5.41, 5.74) is 3.66. The summed E-state index contributed by atoms with van der Waals surface area (Å²) < 4.78 is 0. The molecule has 1 aliphatic heterocycles. The van der Waals surface area contributed by atoms with Crippen LogP contribution in [0, 0.1) is 25.2 Å². The maximum absolute atomic E-state index is 8.85. The number of aryl methyl sites for hydroxylation is 2.